The van der Waals surface area contributed by atoms with Gasteiger partial charge in [0, 0.05) is 27.6 Å². The Morgan fingerprint density at radius 3 is 2.58 bits per heavy atom. The molecule has 0 aliphatic heterocycles. The summed E-state index contributed by atoms with van der Waals surface area (Å²) in [5.74, 6) is -0.0153. The van der Waals surface area contributed by atoms with E-state index < -0.39 is 0 Å². The predicted octanol–water partition coefficient (Wildman–Crippen LogP) is 5.75. The molecule has 1 heterocycles. The van der Waals surface area contributed by atoms with Gasteiger partial charge in [0.15, 0.2) is 0 Å². The summed E-state index contributed by atoms with van der Waals surface area (Å²) >= 11 is 1.73. The molecule has 1 N–H and O–H groups in total. The van der Waals surface area contributed by atoms with E-state index in [0.29, 0.717) is 25.8 Å². The fourth-order valence-corrected chi connectivity index (χ4v) is 4.48. The molecule has 5 nitrogen and oxygen atoms in total. The zero-order valence-electron chi connectivity index (χ0n) is 18.5. The van der Waals surface area contributed by atoms with E-state index >= 15 is 0 Å². The second-order valence-electron chi connectivity index (χ2n) is 7.72. The van der Waals surface area contributed by atoms with Crippen LogP contribution in [0.1, 0.15) is 40.9 Å². The minimum absolute atomic E-state index is 0.0153. The van der Waals surface area contributed by atoms with Gasteiger partial charge in [0.25, 0.3) is 0 Å². The van der Waals surface area contributed by atoms with E-state index in [-0.39, 0.29) is 5.91 Å². The first-order valence-electron chi connectivity index (χ1n) is 10.4. The Hall–Kier alpha value is -3.04. The minimum atomic E-state index is -0.0153. The maximum Gasteiger partial charge on any atom is 0.224 e. The van der Waals surface area contributed by atoms with Crippen LogP contribution in [-0.2, 0) is 17.8 Å². The number of amides is 1. The highest BCUT2D eigenvalue weighted by atomic mass is 32.2. The normalized spacial score (nSPS) is 10.7. The number of aromatic nitrogens is 2. The molecular weight excluding hydrogens is 404 g/mol. The third-order valence-corrected chi connectivity index (χ3v) is 6.45. The van der Waals surface area contributed by atoms with Crippen molar-refractivity contribution < 1.29 is 4.79 Å². The van der Waals surface area contributed by atoms with E-state index in [4.69, 9.17) is 5.26 Å². The summed E-state index contributed by atoms with van der Waals surface area (Å²) in [4.78, 5) is 14.8. The van der Waals surface area contributed by atoms with Crippen molar-refractivity contribution in [2.75, 3.05) is 5.32 Å². The van der Waals surface area contributed by atoms with E-state index in [1.807, 2.05) is 42.8 Å². The second-order valence-corrected chi connectivity index (χ2v) is 8.84. The van der Waals surface area contributed by atoms with Crippen molar-refractivity contribution in [2.24, 2.45) is 0 Å². The molecule has 0 unspecified atom stereocenters. The molecule has 3 rings (SSSR count). The van der Waals surface area contributed by atoms with E-state index in [0.717, 1.165) is 27.5 Å². The predicted molar refractivity (Wildman–Crippen MR) is 125 cm³/mol. The van der Waals surface area contributed by atoms with Crippen LogP contribution in [0.4, 0.5) is 5.69 Å². The number of nitrogens with zero attached hydrogens (tertiary/aromatic N) is 3. The van der Waals surface area contributed by atoms with Gasteiger partial charge in [-0.1, -0.05) is 23.9 Å². The van der Waals surface area contributed by atoms with Gasteiger partial charge in [0.2, 0.25) is 5.91 Å². The van der Waals surface area contributed by atoms with Crippen molar-refractivity contribution >= 4 is 23.4 Å². The van der Waals surface area contributed by atoms with Crippen molar-refractivity contribution in [1.82, 2.24) is 9.78 Å². The van der Waals surface area contributed by atoms with Crippen molar-refractivity contribution in [1.29, 1.82) is 5.26 Å². The van der Waals surface area contributed by atoms with Crippen LogP contribution in [0.2, 0.25) is 0 Å². The molecule has 0 fully saturated rings. The van der Waals surface area contributed by atoms with Crippen LogP contribution in [-0.4, -0.2) is 15.7 Å². The van der Waals surface area contributed by atoms with Gasteiger partial charge in [-0.2, -0.15) is 10.4 Å². The quantitative estimate of drug-likeness (QED) is 0.492. The molecule has 0 radical (unpaired) electrons. The van der Waals surface area contributed by atoms with Gasteiger partial charge in [0.1, 0.15) is 0 Å². The van der Waals surface area contributed by atoms with Crippen LogP contribution in [0.25, 0.3) is 0 Å². The fraction of sp³-hybridized carbons (Fsp3) is 0.320. The molecule has 0 spiro atoms. The van der Waals surface area contributed by atoms with Crippen molar-refractivity contribution in [3.63, 3.8) is 0 Å². The summed E-state index contributed by atoms with van der Waals surface area (Å²) in [5.41, 5.74) is 6.36. The van der Waals surface area contributed by atoms with E-state index in [2.05, 4.69) is 48.5 Å². The van der Waals surface area contributed by atoms with Crippen LogP contribution < -0.4 is 5.32 Å². The molecule has 2 aromatic carbocycles. The van der Waals surface area contributed by atoms with Crippen LogP contribution in [0.5, 0.6) is 0 Å². The highest BCUT2D eigenvalue weighted by Gasteiger charge is 2.13. The fourth-order valence-electron chi connectivity index (χ4n) is 3.48. The maximum absolute atomic E-state index is 12.5. The molecule has 0 atom stereocenters. The lowest BCUT2D eigenvalue weighted by Gasteiger charge is -2.09. The summed E-state index contributed by atoms with van der Waals surface area (Å²) in [6.45, 7) is 8.75. The van der Waals surface area contributed by atoms with Crippen LogP contribution in [0.3, 0.4) is 0 Å². The summed E-state index contributed by atoms with van der Waals surface area (Å²) in [7, 11) is 0. The highest BCUT2D eigenvalue weighted by Crippen LogP contribution is 2.31. The second kappa shape index (κ2) is 10.3. The van der Waals surface area contributed by atoms with Crippen LogP contribution >= 0.6 is 11.8 Å². The number of benzene rings is 2. The summed E-state index contributed by atoms with van der Waals surface area (Å²) in [5, 5.41) is 16.3. The average Bonchev–Trinajstić information content (AvgIpc) is 3.01. The van der Waals surface area contributed by atoms with E-state index in [1.54, 1.807) is 11.8 Å². The lowest BCUT2D eigenvalue weighted by atomic mass is 10.1. The Labute approximate surface area is 188 Å². The molecule has 0 saturated heterocycles. The maximum atomic E-state index is 12.5. The lowest BCUT2D eigenvalue weighted by molar-refractivity contribution is -0.116. The van der Waals surface area contributed by atoms with Gasteiger partial charge in [-0.25, -0.2) is 0 Å². The number of rotatable bonds is 8. The molecule has 3 aromatic rings. The first-order chi connectivity index (χ1) is 14.9. The van der Waals surface area contributed by atoms with Crippen molar-refractivity contribution in [3.8, 4) is 6.07 Å². The molecule has 0 bridgehead atoms. The van der Waals surface area contributed by atoms with Crippen LogP contribution in [0, 0.1) is 39.0 Å². The molecular formula is C25H28N4OS. The number of hydrogen-bond donors (Lipinski definition) is 1. The third kappa shape index (κ3) is 5.99. The molecule has 1 amide bonds. The van der Waals surface area contributed by atoms with Gasteiger partial charge in [-0.15, -0.1) is 0 Å². The molecule has 0 aliphatic carbocycles. The van der Waals surface area contributed by atoms with Gasteiger partial charge in [-0.05, 0) is 81.1 Å². The monoisotopic (exact) mass is 432 g/mol. The number of aryl methyl sites for hydroxylation is 4. The van der Waals surface area contributed by atoms with Gasteiger partial charge in [0.05, 0.1) is 24.7 Å². The third-order valence-electron chi connectivity index (χ3n) is 5.28. The lowest BCUT2D eigenvalue weighted by Crippen LogP contribution is -2.12. The number of hydrogen-bond acceptors (Lipinski definition) is 4. The molecule has 1 aromatic heterocycles. The van der Waals surface area contributed by atoms with Crippen molar-refractivity contribution in [3.05, 3.63) is 70.5 Å². The summed E-state index contributed by atoms with van der Waals surface area (Å²) < 4.78 is 1.86. The largest absolute Gasteiger partial charge is 0.326 e. The number of nitriles is 1. The van der Waals surface area contributed by atoms with E-state index in [1.165, 1.54) is 16.0 Å². The van der Waals surface area contributed by atoms with Gasteiger partial charge in [-0.3, -0.25) is 9.48 Å². The van der Waals surface area contributed by atoms with Crippen molar-refractivity contribution in [2.45, 2.75) is 63.3 Å². The number of anilines is 1. The summed E-state index contributed by atoms with van der Waals surface area (Å²) in [6, 6.07) is 16.6. The number of carbonyl (C=O) groups is 1. The standard InChI is InChI=1S/C25H28N4OS/c1-17-6-7-18(2)24(16-17)31-22-10-8-21(9-11-22)27-25(30)13-12-23-19(3)28-29(20(23)4)15-5-14-26/h6-11,16H,5,12-13,15H2,1-4H3,(H,27,30). The van der Waals surface area contributed by atoms with Gasteiger partial charge >= 0.3 is 0 Å². The SMILES string of the molecule is Cc1ccc(C)c(Sc2ccc(NC(=O)CCc3c(C)nn(CCC#N)c3C)cc2)c1. The zero-order chi connectivity index (χ0) is 22.4. The molecule has 31 heavy (non-hydrogen) atoms. The first kappa shape index (κ1) is 22.6. The molecule has 0 saturated carbocycles. The zero-order valence-corrected chi connectivity index (χ0v) is 19.3. The van der Waals surface area contributed by atoms with Crippen LogP contribution in [0.15, 0.2) is 52.3 Å². The molecule has 0 aliphatic rings. The molecule has 6 heteroatoms. The number of carbonyl (C=O) groups excluding carboxylic acids is 1. The average molecular weight is 433 g/mol. The Morgan fingerprint density at radius 1 is 1.13 bits per heavy atom. The Balaban J connectivity index is 1.56. The van der Waals surface area contributed by atoms with Gasteiger partial charge < -0.3 is 5.32 Å². The molecule has 160 valence electrons. The Kier molecular flexibility index (Phi) is 7.54. The minimum Gasteiger partial charge on any atom is -0.326 e. The highest BCUT2D eigenvalue weighted by molar-refractivity contribution is 7.99. The van der Waals surface area contributed by atoms with E-state index in [9.17, 15) is 4.79 Å². The smallest absolute Gasteiger partial charge is 0.224 e. The Bertz CT molecular complexity index is 1110. The number of nitrogens with one attached hydrogen (secondary N) is 1. The first-order valence-corrected chi connectivity index (χ1v) is 11.2. The summed E-state index contributed by atoms with van der Waals surface area (Å²) in [6.07, 6.45) is 1.46. The Morgan fingerprint density at radius 2 is 1.87 bits per heavy atom. The topological polar surface area (TPSA) is 70.7 Å².